The van der Waals surface area contributed by atoms with E-state index in [2.05, 4.69) is 37.8 Å². The van der Waals surface area contributed by atoms with Crippen molar-refractivity contribution in [2.45, 2.75) is 181 Å². The Morgan fingerprint density at radius 2 is 1.07 bits per heavy atom. The molecule has 2 saturated heterocycles. The largest absolute Gasteiger partial charge is 0.336 e. The van der Waals surface area contributed by atoms with Crippen LogP contribution >= 0.6 is 0 Å². The number of aromatic nitrogens is 6. The normalized spacial score (nSPS) is 17.7. The number of nitrogens with two attached hydrogens (primary N) is 3. The summed E-state index contributed by atoms with van der Waals surface area (Å²) in [6.45, 7) is 11.0. The fourth-order valence-electron chi connectivity index (χ4n) is 15.3. The monoisotopic (exact) mass is 1520 g/mol. The molecule has 22 nitrogen and oxygen atoms in total. The van der Waals surface area contributed by atoms with Gasteiger partial charge in [-0.25, -0.2) is 32.0 Å². The maximum absolute atomic E-state index is 15.0. The number of urea groups is 1. The number of hydrogen-bond donors (Lipinski definition) is 6. The number of imide groups is 1. The molecule has 8 aromatic rings. The molecule has 0 bridgehead atoms. The molecule has 25 heteroatoms. The van der Waals surface area contributed by atoms with E-state index in [4.69, 9.17) is 17.2 Å². The number of carbonyl (C=O) groups is 7. The number of ketones is 1. The lowest BCUT2D eigenvalue weighted by atomic mass is 9.86. The molecule has 5 aromatic carbocycles. The third kappa shape index (κ3) is 19.4. The number of piperidine rings is 1. The SMILES string of the molecule is C=C1C=CN(C(CCC2CC2)c2ccc(F)c(NC(=O)c3cc(C)nn3-c3cccc(CN)c3)c2)C(=O)N1.Cc1cc(C(=O)Cc2cc(C(CCC3CC3)N3CCCCC3=O)ccc2F)n(-c2cccc(CN)c2)n1.Cc1cc(C(=O)NC2=CC(C(CCC3CC3)N3C(=O)CCC3=O)CC=C2F)n(-c2cccc(CN)c2)n1. The van der Waals surface area contributed by atoms with E-state index < -0.39 is 29.3 Å². The van der Waals surface area contributed by atoms with Gasteiger partial charge >= 0.3 is 6.03 Å². The van der Waals surface area contributed by atoms with E-state index in [1.807, 2.05) is 84.6 Å². The summed E-state index contributed by atoms with van der Waals surface area (Å²) in [5.41, 5.74) is 27.7. The molecule has 7 aliphatic rings. The molecule has 3 aromatic heterocycles. The van der Waals surface area contributed by atoms with Crippen LogP contribution in [-0.2, 0) is 40.4 Å². The van der Waals surface area contributed by atoms with Gasteiger partial charge in [-0.05, 0) is 215 Å². The summed E-state index contributed by atoms with van der Waals surface area (Å²) in [7, 11) is 0. The highest BCUT2D eigenvalue weighted by Gasteiger charge is 2.41. The van der Waals surface area contributed by atoms with Crippen molar-refractivity contribution in [1.29, 1.82) is 0 Å². The number of nitrogens with zero attached hydrogens (tertiary/aromatic N) is 9. The molecular weight excluding hydrogens is 1420 g/mol. The quantitative estimate of drug-likeness (QED) is 0.0197. The Balaban J connectivity index is 0.000000147. The zero-order valence-corrected chi connectivity index (χ0v) is 63.7. The number of rotatable bonds is 28. The van der Waals surface area contributed by atoms with Crippen molar-refractivity contribution in [2.75, 3.05) is 11.9 Å². The summed E-state index contributed by atoms with van der Waals surface area (Å²) in [5, 5.41) is 21.6. The lowest BCUT2D eigenvalue weighted by Crippen LogP contribution is -2.44. The summed E-state index contributed by atoms with van der Waals surface area (Å²) >= 11 is 0. The van der Waals surface area contributed by atoms with Gasteiger partial charge in [0.15, 0.2) is 5.78 Å². The van der Waals surface area contributed by atoms with Crippen LogP contribution in [0.2, 0.25) is 0 Å². The molecule has 112 heavy (non-hydrogen) atoms. The Morgan fingerprint density at radius 3 is 1.60 bits per heavy atom. The van der Waals surface area contributed by atoms with Gasteiger partial charge in [-0.2, -0.15) is 15.3 Å². The van der Waals surface area contributed by atoms with Crippen LogP contribution in [0.15, 0.2) is 176 Å². The molecule has 4 atom stereocenters. The summed E-state index contributed by atoms with van der Waals surface area (Å²) < 4.78 is 49.6. The van der Waals surface area contributed by atoms with Crippen LogP contribution in [0.3, 0.4) is 0 Å². The maximum atomic E-state index is 15.0. The van der Waals surface area contributed by atoms with Crippen LogP contribution in [0.5, 0.6) is 0 Å². The highest BCUT2D eigenvalue weighted by molar-refractivity contribution is 6.04. The van der Waals surface area contributed by atoms with E-state index in [-0.39, 0.29) is 95.6 Å². The average molecular weight is 1520 g/mol. The van der Waals surface area contributed by atoms with Crippen molar-refractivity contribution in [1.82, 2.24) is 54.7 Å². The fourth-order valence-corrected chi connectivity index (χ4v) is 15.3. The van der Waals surface area contributed by atoms with Crippen LogP contribution in [0.4, 0.5) is 23.7 Å². The number of Topliss-reactive ketones (excluding diaryl/α,β-unsaturated/α-hetero) is 1. The highest BCUT2D eigenvalue weighted by atomic mass is 19.1. The Hall–Kier alpha value is -11.2. The molecule has 0 radical (unpaired) electrons. The zero-order chi connectivity index (χ0) is 78.9. The molecule has 5 fully saturated rings. The predicted molar refractivity (Wildman–Crippen MR) is 421 cm³/mol. The van der Waals surface area contributed by atoms with E-state index in [1.54, 1.807) is 84.2 Å². The number of carbonyl (C=O) groups excluding carboxylic acids is 7. The minimum absolute atomic E-state index is 0.0378. The van der Waals surface area contributed by atoms with Gasteiger partial charge in [0.2, 0.25) is 17.7 Å². The number of aryl methyl sites for hydroxylation is 3. The summed E-state index contributed by atoms with van der Waals surface area (Å²) in [6.07, 6.45) is 22.2. The van der Waals surface area contributed by atoms with Gasteiger partial charge in [-0.15, -0.1) is 0 Å². The van der Waals surface area contributed by atoms with Crippen molar-refractivity contribution < 1.29 is 46.7 Å². The van der Waals surface area contributed by atoms with Crippen LogP contribution in [0.1, 0.15) is 210 Å². The van der Waals surface area contributed by atoms with Gasteiger partial charge in [0.1, 0.15) is 34.5 Å². The second-order valence-electron chi connectivity index (χ2n) is 30.5. The average Bonchev–Trinajstić information content (AvgIpc) is 1.42. The standard InChI is InChI=1S/C30H35FN4O2.C29H31FN6O2.C28H32FN5O3/c1-20-15-28(35(33-20)25-6-4-5-22(16-25)19-32)29(36)18-24-17-23(11-12-26(24)31)27(13-10-21-8-9-21)34-14-3-2-7-30(34)37;1-18-12-13-35(29(38)32-18)26(11-8-20-6-7-20)22-9-10-24(30)25(16-22)33-28(37)27-14-19(2)34-36(27)23-5-3-4-21(15-23)17-31;1-17-13-25(34(32-17)21-4-2-3-19(14-21)16-30)28(37)31-23-15-20(8-9-22(23)29)24(10-7-18-5-6-18)33-26(35)11-12-27(33)36/h4-6,11-12,15-17,21,27H,2-3,7-10,13-14,18-19,32H2,1H3;3-5,9-10,12-16,20,26H,1,6-8,11,17,31H2,2H3,(H,32,38)(H,33,37);2-4,9,13-15,18,20,24H,5-8,10-12,16,30H2,1H3,(H,31,37). The molecule has 584 valence electrons. The smallest absolute Gasteiger partial charge is 0.326 e. The van der Waals surface area contributed by atoms with E-state index in [9.17, 15) is 42.3 Å². The maximum Gasteiger partial charge on any atom is 0.326 e. The number of hydrogen-bond acceptors (Lipinski definition) is 13. The zero-order valence-electron chi connectivity index (χ0n) is 63.7. The van der Waals surface area contributed by atoms with Crippen molar-refractivity contribution in [3.63, 3.8) is 0 Å². The molecule has 4 aliphatic carbocycles. The van der Waals surface area contributed by atoms with Crippen molar-refractivity contribution in [3.8, 4) is 17.1 Å². The minimum atomic E-state index is -0.567. The van der Waals surface area contributed by atoms with Gasteiger partial charge in [0.25, 0.3) is 11.8 Å². The molecule has 3 aliphatic heterocycles. The molecule has 15 rings (SSSR count). The van der Waals surface area contributed by atoms with Crippen LogP contribution < -0.4 is 33.2 Å². The van der Waals surface area contributed by atoms with E-state index in [0.29, 0.717) is 96.1 Å². The van der Waals surface area contributed by atoms with E-state index in [0.717, 1.165) is 90.9 Å². The number of nitrogens with one attached hydrogen (secondary N) is 3. The molecule has 3 saturated carbocycles. The molecular formula is C87H98F3N15O7. The minimum Gasteiger partial charge on any atom is -0.336 e. The molecule has 9 N–H and O–H groups in total. The first-order valence-electron chi connectivity index (χ1n) is 39.1. The Morgan fingerprint density at radius 1 is 0.571 bits per heavy atom. The van der Waals surface area contributed by atoms with Gasteiger partial charge in [-0.3, -0.25) is 38.6 Å². The fraction of sp³-hybridized carbons (Fsp3) is 0.379. The second-order valence-corrected chi connectivity index (χ2v) is 30.5. The Kier molecular flexibility index (Phi) is 25.0. The van der Waals surface area contributed by atoms with Crippen LogP contribution in [-0.4, -0.2) is 98.0 Å². The molecule has 7 amide bonds. The number of halogens is 3. The Labute approximate surface area is 650 Å². The molecule has 6 heterocycles. The summed E-state index contributed by atoms with van der Waals surface area (Å²) in [4.78, 5) is 95.8. The molecule has 0 spiro atoms. The van der Waals surface area contributed by atoms with Crippen LogP contribution in [0.25, 0.3) is 17.1 Å². The number of likely N-dealkylation sites (tertiary alicyclic amines) is 2. The second kappa shape index (κ2) is 35.5. The van der Waals surface area contributed by atoms with Crippen LogP contribution in [0, 0.1) is 56.1 Å². The highest BCUT2D eigenvalue weighted by Crippen LogP contribution is 2.42. The van der Waals surface area contributed by atoms with E-state index in [1.165, 1.54) is 71.0 Å². The number of benzene rings is 5. The van der Waals surface area contributed by atoms with Gasteiger partial charge in [0.05, 0.1) is 57.6 Å². The number of anilines is 1. The first kappa shape index (κ1) is 79.0. The first-order valence-corrected chi connectivity index (χ1v) is 39.1. The number of amides is 7. The summed E-state index contributed by atoms with van der Waals surface area (Å²) in [5.74, 6) is -1.11. The topological polar surface area (TPSA) is 297 Å². The lowest BCUT2D eigenvalue weighted by Gasteiger charge is -2.35. The third-order valence-corrected chi connectivity index (χ3v) is 21.9. The lowest BCUT2D eigenvalue weighted by molar-refractivity contribution is -0.142. The van der Waals surface area contributed by atoms with Gasteiger partial charge in [-0.1, -0.05) is 106 Å². The number of allylic oxidation sites excluding steroid dienone is 3. The van der Waals surface area contributed by atoms with Crippen molar-refractivity contribution >= 4 is 47.0 Å². The van der Waals surface area contributed by atoms with Crippen molar-refractivity contribution in [2.24, 2.45) is 40.9 Å². The summed E-state index contributed by atoms with van der Waals surface area (Å²) in [6, 6.07) is 36.1. The van der Waals surface area contributed by atoms with Crippen molar-refractivity contribution in [3.05, 3.63) is 255 Å². The van der Waals surface area contributed by atoms with E-state index >= 15 is 4.39 Å². The molecule has 4 unspecified atom stereocenters. The van der Waals surface area contributed by atoms with Gasteiger partial charge < -0.3 is 38.1 Å². The third-order valence-electron chi connectivity index (χ3n) is 21.9. The van der Waals surface area contributed by atoms with Gasteiger partial charge in [0, 0.05) is 75.7 Å². The Bertz CT molecular complexity index is 4970. The predicted octanol–water partition coefficient (Wildman–Crippen LogP) is 14.6. The first-order chi connectivity index (χ1) is 54.1.